The van der Waals surface area contributed by atoms with E-state index in [2.05, 4.69) is 16.8 Å². The van der Waals surface area contributed by atoms with Gasteiger partial charge in [0.25, 0.3) is 0 Å². The maximum atomic E-state index is 14.0. The van der Waals surface area contributed by atoms with Crippen LogP contribution >= 0.6 is 0 Å². The van der Waals surface area contributed by atoms with Gasteiger partial charge < -0.3 is 20.3 Å². The van der Waals surface area contributed by atoms with E-state index in [1.165, 1.54) is 12.5 Å². The number of rotatable bonds is 5. The van der Waals surface area contributed by atoms with Gasteiger partial charge in [-0.2, -0.15) is 0 Å². The molecule has 1 atom stereocenters. The van der Waals surface area contributed by atoms with Gasteiger partial charge in [-0.05, 0) is 51.7 Å². The Morgan fingerprint density at radius 3 is 2.86 bits per heavy atom. The lowest BCUT2D eigenvalue weighted by atomic mass is 10.0. The van der Waals surface area contributed by atoms with Gasteiger partial charge in [0.2, 0.25) is 0 Å². The molecule has 0 spiro atoms. The van der Waals surface area contributed by atoms with Crippen LogP contribution in [0.25, 0.3) is 0 Å². The first-order valence-corrected chi connectivity index (χ1v) is 7.60. The summed E-state index contributed by atoms with van der Waals surface area (Å²) in [7, 11) is 3.70. The second-order valence-electron chi connectivity index (χ2n) is 5.75. The molecule has 1 aliphatic heterocycles. The molecule has 1 aliphatic rings. The van der Waals surface area contributed by atoms with Crippen LogP contribution in [-0.2, 0) is 0 Å². The first-order chi connectivity index (χ1) is 10.1. The Morgan fingerprint density at radius 1 is 1.29 bits per heavy atom. The Kier molecular flexibility index (Phi) is 5.96. The van der Waals surface area contributed by atoms with E-state index in [1.54, 1.807) is 19.2 Å². The minimum atomic E-state index is -0.331. The second kappa shape index (κ2) is 7.73. The van der Waals surface area contributed by atoms with Crippen LogP contribution in [0.2, 0.25) is 0 Å². The maximum absolute atomic E-state index is 14.0. The Labute approximate surface area is 126 Å². The number of halogens is 1. The van der Waals surface area contributed by atoms with Gasteiger partial charge in [-0.3, -0.25) is 0 Å². The van der Waals surface area contributed by atoms with Crippen molar-refractivity contribution in [2.24, 2.45) is 5.73 Å². The summed E-state index contributed by atoms with van der Waals surface area (Å²) in [5, 5.41) is 0. The van der Waals surface area contributed by atoms with Crippen LogP contribution in [0, 0.1) is 5.82 Å². The minimum Gasteiger partial charge on any atom is -0.496 e. The highest BCUT2D eigenvalue weighted by Crippen LogP contribution is 2.28. The van der Waals surface area contributed by atoms with E-state index in [1.807, 2.05) is 0 Å². The first kappa shape index (κ1) is 16.2. The van der Waals surface area contributed by atoms with Crippen LogP contribution in [0.5, 0.6) is 5.75 Å². The summed E-state index contributed by atoms with van der Waals surface area (Å²) in [4.78, 5) is 4.76. The summed E-state index contributed by atoms with van der Waals surface area (Å²) in [5.41, 5.74) is 6.69. The molecule has 0 aliphatic carbocycles. The molecular weight excluding hydrogens is 269 g/mol. The smallest absolute Gasteiger partial charge is 0.131 e. The van der Waals surface area contributed by atoms with E-state index < -0.39 is 0 Å². The third-order valence-electron chi connectivity index (χ3n) is 4.17. The number of nitrogens with zero attached hydrogens (tertiary/aromatic N) is 2. The van der Waals surface area contributed by atoms with Crippen LogP contribution in [0.4, 0.5) is 4.39 Å². The maximum Gasteiger partial charge on any atom is 0.131 e. The van der Waals surface area contributed by atoms with Gasteiger partial charge in [0, 0.05) is 24.7 Å². The van der Waals surface area contributed by atoms with Crippen molar-refractivity contribution in [2.45, 2.75) is 18.9 Å². The van der Waals surface area contributed by atoms with Gasteiger partial charge in [0.05, 0.1) is 7.11 Å². The molecule has 1 aromatic rings. The molecule has 118 valence electrons. The molecule has 1 fully saturated rings. The van der Waals surface area contributed by atoms with E-state index in [4.69, 9.17) is 10.5 Å². The largest absolute Gasteiger partial charge is 0.496 e. The SMILES string of the molecule is COc1cccc(F)c1C(N)CCN1CCCN(C)CC1. The molecule has 21 heavy (non-hydrogen) atoms. The summed E-state index contributed by atoms with van der Waals surface area (Å²) in [6, 6.07) is 4.52. The van der Waals surface area contributed by atoms with Crippen molar-refractivity contribution in [3.05, 3.63) is 29.6 Å². The van der Waals surface area contributed by atoms with E-state index in [9.17, 15) is 4.39 Å². The molecule has 1 aromatic carbocycles. The molecule has 0 amide bonds. The van der Waals surface area contributed by atoms with E-state index in [0.29, 0.717) is 11.3 Å². The zero-order valence-corrected chi connectivity index (χ0v) is 13.0. The molecule has 1 unspecified atom stereocenters. The lowest BCUT2D eigenvalue weighted by molar-refractivity contribution is 0.265. The van der Waals surface area contributed by atoms with Gasteiger partial charge >= 0.3 is 0 Å². The monoisotopic (exact) mass is 295 g/mol. The average molecular weight is 295 g/mol. The molecule has 5 heteroatoms. The van der Waals surface area contributed by atoms with Crippen molar-refractivity contribution < 1.29 is 9.13 Å². The number of hydrogen-bond donors (Lipinski definition) is 1. The number of nitrogens with two attached hydrogens (primary N) is 1. The molecule has 4 nitrogen and oxygen atoms in total. The highest BCUT2D eigenvalue weighted by atomic mass is 19.1. The van der Waals surface area contributed by atoms with Crippen LogP contribution in [0.3, 0.4) is 0 Å². The van der Waals surface area contributed by atoms with Crippen molar-refractivity contribution >= 4 is 0 Å². The molecule has 0 aromatic heterocycles. The lowest BCUT2D eigenvalue weighted by Crippen LogP contribution is -2.31. The van der Waals surface area contributed by atoms with Crippen LogP contribution in [-0.4, -0.2) is 56.7 Å². The molecule has 2 N–H and O–H groups in total. The number of likely N-dealkylation sites (N-methyl/N-ethyl adjacent to an activating group) is 1. The minimum absolute atomic E-state index is 0.280. The lowest BCUT2D eigenvalue weighted by Gasteiger charge is -2.23. The number of benzene rings is 1. The van der Waals surface area contributed by atoms with Crippen molar-refractivity contribution in [1.82, 2.24) is 9.80 Å². The van der Waals surface area contributed by atoms with Crippen LogP contribution < -0.4 is 10.5 Å². The van der Waals surface area contributed by atoms with Gasteiger partial charge in [-0.25, -0.2) is 4.39 Å². The van der Waals surface area contributed by atoms with Crippen LogP contribution in [0.15, 0.2) is 18.2 Å². The summed E-state index contributed by atoms with van der Waals surface area (Å²) in [6.07, 6.45) is 1.91. The normalized spacial score (nSPS) is 19.2. The highest BCUT2D eigenvalue weighted by Gasteiger charge is 2.19. The fourth-order valence-electron chi connectivity index (χ4n) is 2.84. The third-order valence-corrected chi connectivity index (χ3v) is 4.17. The number of methoxy groups -OCH3 is 1. The standard InChI is InChI=1S/C16H26FN3O/c1-19-8-4-9-20(12-11-19)10-7-14(18)16-13(17)5-3-6-15(16)21-2/h3,5-6,14H,4,7-12,18H2,1-2H3. The molecule has 1 heterocycles. The predicted molar refractivity (Wildman–Crippen MR) is 83.1 cm³/mol. The molecular formula is C16H26FN3O. The molecule has 0 saturated carbocycles. The highest BCUT2D eigenvalue weighted by molar-refractivity contribution is 5.37. The predicted octanol–water partition coefficient (Wildman–Crippen LogP) is 1.86. The third kappa shape index (κ3) is 4.40. The summed E-state index contributed by atoms with van der Waals surface area (Å²) in [5.74, 6) is 0.260. The molecule has 1 saturated heterocycles. The topological polar surface area (TPSA) is 41.7 Å². The number of hydrogen-bond acceptors (Lipinski definition) is 4. The molecule has 2 rings (SSSR count). The van der Waals surface area contributed by atoms with E-state index in [0.717, 1.165) is 39.1 Å². The fraction of sp³-hybridized carbons (Fsp3) is 0.625. The first-order valence-electron chi connectivity index (χ1n) is 7.60. The van der Waals surface area contributed by atoms with Crippen molar-refractivity contribution in [1.29, 1.82) is 0 Å². The Morgan fingerprint density at radius 2 is 2.10 bits per heavy atom. The zero-order chi connectivity index (χ0) is 15.2. The zero-order valence-electron chi connectivity index (χ0n) is 13.0. The van der Waals surface area contributed by atoms with E-state index >= 15 is 0 Å². The summed E-state index contributed by atoms with van der Waals surface area (Å²) >= 11 is 0. The second-order valence-corrected chi connectivity index (χ2v) is 5.75. The summed E-state index contributed by atoms with van der Waals surface area (Å²) < 4.78 is 19.2. The quantitative estimate of drug-likeness (QED) is 0.900. The van der Waals surface area contributed by atoms with Gasteiger partial charge in [-0.1, -0.05) is 6.07 Å². The Hall–Kier alpha value is -1.17. The van der Waals surface area contributed by atoms with Gasteiger partial charge in [0.15, 0.2) is 0 Å². The molecule has 0 bridgehead atoms. The number of ether oxygens (including phenoxy) is 1. The molecule has 0 radical (unpaired) electrons. The van der Waals surface area contributed by atoms with Gasteiger partial charge in [0.1, 0.15) is 11.6 Å². The Bertz CT molecular complexity index is 455. The van der Waals surface area contributed by atoms with E-state index in [-0.39, 0.29) is 11.9 Å². The fourth-order valence-corrected chi connectivity index (χ4v) is 2.84. The van der Waals surface area contributed by atoms with Gasteiger partial charge in [-0.15, -0.1) is 0 Å². The Balaban J connectivity index is 1.94. The van der Waals surface area contributed by atoms with Crippen molar-refractivity contribution in [3.8, 4) is 5.75 Å². The average Bonchev–Trinajstić information content (AvgIpc) is 2.69. The van der Waals surface area contributed by atoms with Crippen molar-refractivity contribution in [3.63, 3.8) is 0 Å². The van der Waals surface area contributed by atoms with Crippen molar-refractivity contribution in [2.75, 3.05) is 46.9 Å². The van der Waals surface area contributed by atoms with Crippen LogP contribution in [0.1, 0.15) is 24.4 Å². The summed E-state index contributed by atoms with van der Waals surface area (Å²) in [6.45, 7) is 5.26.